The number of hydrogen-bond acceptors (Lipinski definition) is 4. The first-order chi connectivity index (χ1) is 11.1. The molecular weight excluding hydrogens is 318 g/mol. The van der Waals surface area contributed by atoms with E-state index in [-0.39, 0.29) is 13.0 Å². The van der Waals surface area contributed by atoms with Crippen molar-refractivity contribution in [2.24, 2.45) is 0 Å². The number of carbonyl (C=O) groups excluding carboxylic acids is 3. The second-order valence-corrected chi connectivity index (χ2v) is 5.66. The van der Waals surface area contributed by atoms with Gasteiger partial charge in [0, 0.05) is 25.5 Å². The summed E-state index contributed by atoms with van der Waals surface area (Å²) in [5, 5.41) is 5.34. The van der Waals surface area contributed by atoms with Gasteiger partial charge < -0.3 is 5.32 Å². The Bertz CT molecular complexity index is 593. The molecule has 1 aliphatic heterocycles. The maximum absolute atomic E-state index is 13.0. The largest absolute Gasteiger partial charge is 0.330 e. The molecule has 0 radical (unpaired) electrons. The van der Waals surface area contributed by atoms with Crippen LogP contribution in [-0.4, -0.2) is 48.3 Å². The van der Waals surface area contributed by atoms with Gasteiger partial charge in [-0.15, -0.1) is 11.6 Å². The Balaban J connectivity index is 2.29. The molecule has 1 fully saturated rings. The molecular formula is C16H20ClN3O3. The summed E-state index contributed by atoms with van der Waals surface area (Å²) in [5.74, 6) is -0.597. The minimum Gasteiger partial charge on any atom is -0.314 e. The first-order valence-corrected chi connectivity index (χ1v) is 8.11. The Hall–Kier alpha value is -1.92. The number of rotatable bonds is 7. The van der Waals surface area contributed by atoms with Crippen molar-refractivity contribution >= 4 is 29.4 Å². The first-order valence-electron chi connectivity index (χ1n) is 7.57. The van der Waals surface area contributed by atoms with E-state index in [1.54, 1.807) is 31.2 Å². The van der Waals surface area contributed by atoms with Crippen LogP contribution in [0.4, 0.5) is 4.79 Å². The lowest BCUT2D eigenvalue weighted by molar-refractivity contribution is -0.145. The summed E-state index contributed by atoms with van der Waals surface area (Å²) in [6, 6.07) is 8.16. The first kappa shape index (κ1) is 17.4. The number of hydrogen-bond donors (Lipinski definition) is 2. The van der Waals surface area contributed by atoms with Crippen LogP contribution in [-0.2, 0) is 15.0 Å². The van der Waals surface area contributed by atoms with Crippen molar-refractivity contribution in [2.75, 3.05) is 25.5 Å². The highest BCUT2D eigenvalue weighted by Crippen LogP contribution is 2.33. The van der Waals surface area contributed by atoms with Gasteiger partial charge in [0.15, 0.2) is 5.41 Å². The Morgan fingerprint density at radius 1 is 1.17 bits per heavy atom. The van der Waals surface area contributed by atoms with Crippen LogP contribution in [0.1, 0.15) is 18.9 Å². The zero-order valence-corrected chi connectivity index (χ0v) is 13.7. The van der Waals surface area contributed by atoms with E-state index in [9.17, 15) is 14.4 Å². The molecule has 2 N–H and O–H groups in total. The summed E-state index contributed by atoms with van der Waals surface area (Å²) in [6.07, 6.45) is 0.278. The molecule has 1 atom stereocenters. The summed E-state index contributed by atoms with van der Waals surface area (Å²) in [7, 11) is 0. The SMILES string of the molecule is CCC1(c2ccccc2)C(=O)NC(=O)N(CCNCCCl)C1=O. The summed E-state index contributed by atoms with van der Waals surface area (Å²) in [5.41, 5.74) is -0.766. The van der Waals surface area contributed by atoms with Crippen LogP contribution in [0.5, 0.6) is 0 Å². The Kier molecular flexibility index (Phi) is 5.74. The van der Waals surface area contributed by atoms with Crippen LogP contribution in [0.2, 0.25) is 0 Å². The minimum atomic E-state index is -1.36. The van der Waals surface area contributed by atoms with Crippen molar-refractivity contribution in [3.05, 3.63) is 35.9 Å². The lowest BCUT2D eigenvalue weighted by Crippen LogP contribution is -2.66. The number of amides is 4. The van der Waals surface area contributed by atoms with Crippen LogP contribution >= 0.6 is 11.6 Å². The number of imide groups is 2. The maximum atomic E-state index is 13.0. The van der Waals surface area contributed by atoms with Gasteiger partial charge in [0.25, 0.3) is 5.91 Å². The zero-order chi connectivity index (χ0) is 16.9. The lowest BCUT2D eigenvalue weighted by atomic mass is 9.75. The second kappa shape index (κ2) is 7.57. The van der Waals surface area contributed by atoms with Gasteiger partial charge in [0.2, 0.25) is 5.91 Å². The van der Waals surface area contributed by atoms with Gasteiger partial charge in [-0.05, 0) is 12.0 Å². The molecule has 1 saturated heterocycles. The highest BCUT2D eigenvalue weighted by atomic mass is 35.5. The summed E-state index contributed by atoms with van der Waals surface area (Å²) in [4.78, 5) is 38.6. The molecule has 7 heteroatoms. The third kappa shape index (κ3) is 3.23. The average molecular weight is 338 g/mol. The smallest absolute Gasteiger partial charge is 0.314 e. The molecule has 0 bridgehead atoms. The molecule has 0 saturated carbocycles. The van der Waals surface area contributed by atoms with Crippen molar-refractivity contribution in [3.8, 4) is 0 Å². The van der Waals surface area contributed by atoms with Gasteiger partial charge in [0.1, 0.15) is 0 Å². The normalized spacial score (nSPS) is 21.5. The van der Waals surface area contributed by atoms with Gasteiger partial charge in [0.05, 0.1) is 0 Å². The Labute approximate surface area is 140 Å². The van der Waals surface area contributed by atoms with Gasteiger partial charge >= 0.3 is 6.03 Å². The number of nitrogens with zero attached hydrogens (tertiary/aromatic N) is 1. The molecule has 1 aromatic carbocycles. The summed E-state index contributed by atoms with van der Waals surface area (Å²) in [6.45, 7) is 2.96. The monoisotopic (exact) mass is 337 g/mol. The second-order valence-electron chi connectivity index (χ2n) is 5.28. The van der Waals surface area contributed by atoms with Crippen LogP contribution in [0.25, 0.3) is 0 Å². The lowest BCUT2D eigenvalue weighted by Gasteiger charge is -2.39. The predicted molar refractivity (Wildman–Crippen MR) is 87.3 cm³/mol. The molecule has 0 spiro atoms. The number of benzene rings is 1. The fourth-order valence-electron chi connectivity index (χ4n) is 2.77. The third-order valence-corrected chi connectivity index (χ3v) is 4.23. The van der Waals surface area contributed by atoms with E-state index in [1.807, 2.05) is 6.07 Å². The number of nitrogens with one attached hydrogen (secondary N) is 2. The maximum Gasteiger partial charge on any atom is 0.330 e. The summed E-state index contributed by atoms with van der Waals surface area (Å²) < 4.78 is 0. The Morgan fingerprint density at radius 2 is 1.87 bits per heavy atom. The van der Waals surface area contributed by atoms with Crippen LogP contribution in [0, 0.1) is 0 Å². The summed E-state index contributed by atoms with van der Waals surface area (Å²) >= 11 is 5.58. The van der Waals surface area contributed by atoms with E-state index in [1.165, 1.54) is 0 Å². The van der Waals surface area contributed by atoms with Crippen molar-refractivity contribution in [3.63, 3.8) is 0 Å². The number of halogens is 1. The van der Waals surface area contributed by atoms with Crippen molar-refractivity contribution < 1.29 is 14.4 Å². The van der Waals surface area contributed by atoms with Gasteiger partial charge in [-0.3, -0.25) is 19.8 Å². The Morgan fingerprint density at radius 3 is 2.48 bits per heavy atom. The van der Waals surface area contributed by atoms with Crippen LogP contribution < -0.4 is 10.6 Å². The van der Waals surface area contributed by atoms with Crippen molar-refractivity contribution in [2.45, 2.75) is 18.8 Å². The molecule has 6 nitrogen and oxygen atoms in total. The fraction of sp³-hybridized carbons (Fsp3) is 0.438. The molecule has 2 rings (SSSR count). The molecule has 0 aliphatic carbocycles. The predicted octanol–water partition coefficient (Wildman–Crippen LogP) is 1.24. The molecule has 1 heterocycles. The van der Waals surface area contributed by atoms with E-state index in [0.717, 1.165) is 4.90 Å². The highest BCUT2D eigenvalue weighted by Gasteiger charge is 2.53. The van der Waals surface area contributed by atoms with E-state index >= 15 is 0 Å². The third-order valence-electron chi connectivity index (χ3n) is 4.04. The highest BCUT2D eigenvalue weighted by molar-refractivity contribution is 6.22. The molecule has 0 aromatic heterocycles. The molecule has 1 aromatic rings. The fourth-order valence-corrected chi connectivity index (χ4v) is 2.90. The zero-order valence-electron chi connectivity index (χ0n) is 13.0. The van der Waals surface area contributed by atoms with E-state index < -0.39 is 23.3 Å². The quantitative estimate of drug-likeness (QED) is 0.446. The van der Waals surface area contributed by atoms with Crippen LogP contribution in [0.3, 0.4) is 0 Å². The number of carbonyl (C=O) groups is 3. The van der Waals surface area contributed by atoms with E-state index in [4.69, 9.17) is 11.6 Å². The average Bonchev–Trinajstić information content (AvgIpc) is 2.56. The molecule has 23 heavy (non-hydrogen) atoms. The van der Waals surface area contributed by atoms with Gasteiger partial charge in [-0.25, -0.2) is 4.79 Å². The molecule has 124 valence electrons. The number of alkyl halides is 1. The van der Waals surface area contributed by atoms with Crippen molar-refractivity contribution in [1.29, 1.82) is 0 Å². The van der Waals surface area contributed by atoms with Gasteiger partial charge in [-0.2, -0.15) is 0 Å². The van der Waals surface area contributed by atoms with Crippen LogP contribution in [0.15, 0.2) is 30.3 Å². The number of barbiturate groups is 1. The van der Waals surface area contributed by atoms with Crippen molar-refractivity contribution in [1.82, 2.24) is 15.5 Å². The topological polar surface area (TPSA) is 78.5 Å². The molecule has 1 unspecified atom stereocenters. The minimum absolute atomic E-state index is 0.184. The molecule has 4 amide bonds. The van der Waals surface area contributed by atoms with E-state index in [2.05, 4.69) is 10.6 Å². The van der Waals surface area contributed by atoms with Gasteiger partial charge in [-0.1, -0.05) is 37.3 Å². The number of urea groups is 1. The standard InChI is InChI=1S/C16H20ClN3O3/c1-2-16(12-6-4-3-5-7-12)13(21)19-15(23)20(14(16)22)11-10-18-9-8-17/h3-7,18H,2,8-11H2,1H3,(H,19,21,23). The van der Waals surface area contributed by atoms with E-state index in [0.29, 0.717) is 24.5 Å². The molecule has 1 aliphatic rings.